The highest BCUT2D eigenvalue weighted by atomic mass is 19.1. The molecule has 2 aliphatic heterocycles. The lowest BCUT2D eigenvalue weighted by molar-refractivity contribution is 0.0375. The first kappa shape index (κ1) is 16.7. The SMILES string of the molecule is O=C(c1ccc(F)cc1)N1CCN2C(=O)c3ccccc3[C@@]12c1ccccc1. The number of benzene rings is 3. The van der Waals surface area contributed by atoms with Crippen molar-refractivity contribution in [2.24, 2.45) is 0 Å². The highest BCUT2D eigenvalue weighted by Crippen LogP contribution is 2.49. The largest absolute Gasteiger partial charge is 0.306 e. The van der Waals surface area contributed by atoms with Gasteiger partial charge in [0.15, 0.2) is 5.66 Å². The maximum absolute atomic E-state index is 13.5. The molecule has 4 nitrogen and oxygen atoms in total. The Morgan fingerprint density at radius 1 is 0.857 bits per heavy atom. The Hall–Kier alpha value is -3.47. The molecule has 1 fully saturated rings. The summed E-state index contributed by atoms with van der Waals surface area (Å²) in [5.74, 6) is -0.691. The first-order valence-electron chi connectivity index (χ1n) is 9.18. The van der Waals surface area contributed by atoms with Crippen LogP contribution in [0.5, 0.6) is 0 Å². The van der Waals surface area contributed by atoms with E-state index in [9.17, 15) is 14.0 Å². The fourth-order valence-electron chi connectivity index (χ4n) is 4.46. The molecule has 3 aromatic carbocycles. The molecule has 1 atom stereocenters. The zero-order chi connectivity index (χ0) is 19.3. The number of fused-ring (bicyclic) bond motifs is 3. The number of rotatable bonds is 2. The van der Waals surface area contributed by atoms with E-state index in [0.29, 0.717) is 24.2 Å². The zero-order valence-electron chi connectivity index (χ0n) is 15.0. The van der Waals surface area contributed by atoms with E-state index >= 15 is 0 Å². The first-order valence-corrected chi connectivity index (χ1v) is 9.18. The summed E-state index contributed by atoms with van der Waals surface area (Å²) in [6.07, 6.45) is 0. The third kappa shape index (κ3) is 2.10. The van der Waals surface area contributed by atoms with Crippen LogP contribution in [0, 0.1) is 5.82 Å². The number of carbonyl (C=O) groups is 2. The molecule has 0 saturated carbocycles. The number of halogens is 1. The summed E-state index contributed by atoms with van der Waals surface area (Å²) in [6, 6.07) is 22.6. The van der Waals surface area contributed by atoms with E-state index < -0.39 is 11.5 Å². The second kappa shape index (κ2) is 6.02. The average molecular weight is 372 g/mol. The Labute approximate surface area is 161 Å². The third-order valence-corrected chi connectivity index (χ3v) is 5.62. The van der Waals surface area contributed by atoms with Gasteiger partial charge in [0.25, 0.3) is 11.8 Å². The molecule has 28 heavy (non-hydrogen) atoms. The molecule has 1 saturated heterocycles. The van der Waals surface area contributed by atoms with Crippen molar-refractivity contribution in [2.45, 2.75) is 5.66 Å². The Balaban J connectivity index is 1.74. The second-order valence-corrected chi connectivity index (χ2v) is 7.00. The van der Waals surface area contributed by atoms with E-state index in [0.717, 1.165) is 11.1 Å². The van der Waals surface area contributed by atoms with E-state index in [2.05, 4.69) is 0 Å². The molecule has 2 heterocycles. The van der Waals surface area contributed by atoms with Gasteiger partial charge in [-0.1, -0.05) is 48.5 Å². The molecule has 0 radical (unpaired) electrons. The number of amides is 2. The second-order valence-electron chi connectivity index (χ2n) is 7.00. The molecule has 138 valence electrons. The van der Waals surface area contributed by atoms with Crippen molar-refractivity contribution < 1.29 is 14.0 Å². The van der Waals surface area contributed by atoms with Gasteiger partial charge in [-0.05, 0) is 30.3 Å². The molecule has 0 aliphatic carbocycles. The highest BCUT2D eigenvalue weighted by Gasteiger charge is 2.59. The highest BCUT2D eigenvalue weighted by molar-refractivity contribution is 6.03. The van der Waals surface area contributed by atoms with Crippen LogP contribution >= 0.6 is 0 Å². The van der Waals surface area contributed by atoms with Crippen LogP contribution in [0.25, 0.3) is 0 Å². The number of hydrogen-bond acceptors (Lipinski definition) is 2. The molecule has 0 bridgehead atoms. The van der Waals surface area contributed by atoms with Crippen LogP contribution in [0.3, 0.4) is 0 Å². The Bertz CT molecular complexity index is 1080. The normalized spacial score (nSPS) is 20.2. The molecule has 5 heteroatoms. The molecule has 2 aliphatic rings. The molecular weight excluding hydrogens is 355 g/mol. The molecule has 0 unspecified atom stereocenters. The summed E-state index contributed by atoms with van der Waals surface area (Å²) in [4.78, 5) is 30.1. The zero-order valence-corrected chi connectivity index (χ0v) is 15.0. The van der Waals surface area contributed by atoms with E-state index in [4.69, 9.17) is 0 Å². The van der Waals surface area contributed by atoms with Crippen molar-refractivity contribution in [3.05, 3.63) is 107 Å². The van der Waals surface area contributed by atoms with Crippen LogP contribution in [0.2, 0.25) is 0 Å². The molecule has 2 amide bonds. The van der Waals surface area contributed by atoms with Crippen LogP contribution in [0.15, 0.2) is 78.9 Å². The van der Waals surface area contributed by atoms with Crippen molar-refractivity contribution in [3.8, 4) is 0 Å². The number of hydrogen-bond donors (Lipinski definition) is 0. The van der Waals surface area contributed by atoms with Crippen LogP contribution in [0.1, 0.15) is 31.8 Å². The Morgan fingerprint density at radius 2 is 1.54 bits per heavy atom. The van der Waals surface area contributed by atoms with Crippen LogP contribution in [-0.4, -0.2) is 34.7 Å². The molecular formula is C23H17FN2O2. The van der Waals surface area contributed by atoms with Crippen LogP contribution in [0.4, 0.5) is 4.39 Å². The maximum atomic E-state index is 13.5. The molecule has 0 aromatic heterocycles. The van der Waals surface area contributed by atoms with Crippen molar-refractivity contribution in [3.63, 3.8) is 0 Å². The smallest absolute Gasteiger partial charge is 0.256 e. The quantitative estimate of drug-likeness (QED) is 0.689. The van der Waals surface area contributed by atoms with E-state index in [1.165, 1.54) is 24.3 Å². The van der Waals surface area contributed by atoms with Crippen LogP contribution in [-0.2, 0) is 5.66 Å². The van der Waals surface area contributed by atoms with Crippen molar-refractivity contribution in [1.82, 2.24) is 9.80 Å². The van der Waals surface area contributed by atoms with Gasteiger partial charge in [0, 0.05) is 35.3 Å². The minimum absolute atomic E-state index is 0.0751. The fraction of sp³-hybridized carbons (Fsp3) is 0.130. The minimum atomic E-state index is -0.986. The predicted octanol–water partition coefficient (Wildman–Crippen LogP) is 3.64. The molecule has 0 spiro atoms. The topological polar surface area (TPSA) is 40.6 Å². The summed E-state index contributed by atoms with van der Waals surface area (Å²) >= 11 is 0. The number of nitrogens with zero attached hydrogens (tertiary/aromatic N) is 2. The van der Waals surface area contributed by atoms with E-state index in [1.807, 2.05) is 48.5 Å². The van der Waals surface area contributed by atoms with Gasteiger partial charge in [0.2, 0.25) is 0 Å². The summed E-state index contributed by atoms with van der Waals surface area (Å²) in [5.41, 5.74) is 1.69. The summed E-state index contributed by atoms with van der Waals surface area (Å²) < 4.78 is 13.4. The maximum Gasteiger partial charge on any atom is 0.256 e. The summed E-state index contributed by atoms with van der Waals surface area (Å²) in [5, 5.41) is 0. The van der Waals surface area contributed by atoms with Gasteiger partial charge >= 0.3 is 0 Å². The number of carbonyl (C=O) groups excluding carboxylic acids is 2. The lowest BCUT2D eigenvalue weighted by Gasteiger charge is -2.40. The Kier molecular flexibility index (Phi) is 3.59. The third-order valence-electron chi connectivity index (χ3n) is 5.62. The Morgan fingerprint density at radius 3 is 2.29 bits per heavy atom. The van der Waals surface area contributed by atoms with Crippen molar-refractivity contribution >= 4 is 11.8 Å². The summed E-state index contributed by atoms with van der Waals surface area (Å²) in [6.45, 7) is 0.848. The average Bonchev–Trinajstić information content (AvgIpc) is 3.25. The van der Waals surface area contributed by atoms with E-state index in [1.54, 1.807) is 15.9 Å². The van der Waals surface area contributed by atoms with Crippen LogP contribution < -0.4 is 0 Å². The lowest BCUT2D eigenvalue weighted by atomic mass is 9.89. The monoisotopic (exact) mass is 372 g/mol. The van der Waals surface area contributed by atoms with Crippen molar-refractivity contribution in [2.75, 3.05) is 13.1 Å². The van der Waals surface area contributed by atoms with Gasteiger partial charge in [-0.25, -0.2) is 4.39 Å². The van der Waals surface area contributed by atoms with Gasteiger partial charge in [-0.3, -0.25) is 9.59 Å². The predicted molar refractivity (Wildman–Crippen MR) is 102 cm³/mol. The lowest BCUT2D eigenvalue weighted by Crippen LogP contribution is -2.51. The molecule has 3 aromatic rings. The summed E-state index contributed by atoms with van der Waals surface area (Å²) in [7, 11) is 0. The minimum Gasteiger partial charge on any atom is -0.306 e. The molecule has 5 rings (SSSR count). The van der Waals surface area contributed by atoms with Gasteiger partial charge in [0.05, 0.1) is 0 Å². The van der Waals surface area contributed by atoms with Gasteiger partial charge in [-0.15, -0.1) is 0 Å². The van der Waals surface area contributed by atoms with E-state index in [-0.39, 0.29) is 11.8 Å². The fourth-order valence-corrected chi connectivity index (χ4v) is 4.46. The van der Waals surface area contributed by atoms with Gasteiger partial charge in [0.1, 0.15) is 5.82 Å². The van der Waals surface area contributed by atoms with Gasteiger partial charge in [-0.2, -0.15) is 0 Å². The first-order chi connectivity index (χ1) is 13.6. The standard InChI is InChI=1S/C23H17FN2O2/c24-18-12-10-16(11-13-18)21(27)25-14-15-26-22(28)19-8-4-5-9-20(19)23(25,26)17-6-2-1-3-7-17/h1-13H,14-15H2/t23-/m0/s1. The molecule has 0 N–H and O–H groups in total. The van der Waals surface area contributed by atoms with Crippen molar-refractivity contribution in [1.29, 1.82) is 0 Å². The van der Waals surface area contributed by atoms with Gasteiger partial charge < -0.3 is 9.80 Å².